The van der Waals surface area contributed by atoms with E-state index in [2.05, 4.69) is 10.4 Å². The first-order chi connectivity index (χ1) is 13.4. The molecule has 1 amide bonds. The normalized spacial score (nSPS) is 11.7. The zero-order valence-corrected chi connectivity index (χ0v) is 14.9. The van der Waals surface area contributed by atoms with Crippen LogP contribution in [0.15, 0.2) is 65.5 Å². The Kier molecular flexibility index (Phi) is 5.78. The van der Waals surface area contributed by atoms with Gasteiger partial charge >= 0.3 is 0 Å². The zero-order valence-electron chi connectivity index (χ0n) is 14.9. The number of hydrogen-bond donors (Lipinski definition) is 1. The molecule has 0 saturated heterocycles. The Labute approximate surface area is 159 Å². The average molecular weight is 385 g/mol. The second-order valence-corrected chi connectivity index (χ2v) is 6.01. The summed E-state index contributed by atoms with van der Waals surface area (Å²) in [6, 6.07) is 13.7. The predicted octanol–water partition coefficient (Wildman–Crippen LogP) is 2.59. The third-order valence-electron chi connectivity index (χ3n) is 3.87. The van der Waals surface area contributed by atoms with Gasteiger partial charge in [0.05, 0.1) is 5.69 Å². The number of ether oxygens (including phenoxy) is 1. The molecule has 0 radical (unpaired) electrons. The molecule has 0 aliphatic heterocycles. The summed E-state index contributed by atoms with van der Waals surface area (Å²) in [4.78, 5) is 24.2. The average Bonchev–Trinajstić information content (AvgIpc) is 2.68. The third-order valence-corrected chi connectivity index (χ3v) is 3.87. The standard InChI is InChI=1S/C20H17F2N3O3/c1-13(20(27)23-12-14-3-2-4-16(22)11-14)28-18-9-10-19(26)25(24-18)17-7-5-15(21)6-8-17/h2-11,13H,12H2,1H3,(H,23,27)/t13-/m1/s1. The minimum atomic E-state index is -0.903. The van der Waals surface area contributed by atoms with Crippen molar-refractivity contribution in [2.24, 2.45) is 0 Å². The van der Waals surface area contributed by atoms with Crippen LogP contribution in [0.4, 0.5) is 8.78 Å². The summed E-state index contributed by atoms with van der Waals surface area (Å²) in [6.07, 6.45) is -0.903. The number of aromatic nitrogens is 2. The maximum atomic E-state index is 13.2. The SMILES string of the molecule is C[C@@H](Oc1ccc(=O)n(-c2ccc(F)cc2)n1)C(=O)NCc1cccc(F)c1. The summed E-state index contributed by atoms with van der Waals surface area (Å²) < 4.78 is 32.8. The van der Waals surface area contributed by atoms with E-state index < -0.39 is 23.4 Å². The van der Waals surface area contributed by atoms with E-state index in [-0.39, 0.29) is 18.2 Å². The molecule has 8 heteroatoms. The van der Waals surface area contributed by atoms with Crippen LogP contribution in [0.2, 0.25) is 0 Å². The van der Waals surface area contributed by atoms with Crippen LogP contribution in [-0.2, 0) is 11.3 Å². The molecule has 2 aromatic carbocycles. The minimum Gasteiger partial charge on any atom is -0.464 e. The molecule has 0 fully saturated rings. The zero-order chi connectivity index (χ0) is 20.1. The van der Waals surface area contributed by atoms with Gasteiger partial charge in [0.25, 0.3) is 11.5 Å². The van der Waals surface area contributed by atoms with Crippen molar-refractivity contribution in [3.8, 4) is 11.6 Å². The van der Waals surface area contributed by atoms with Crippen LogP contribution < -0.4 is 15.6 Å². The molecule has 1 aromatic heterocycles. The Balaban J connectivity index is 1.67. The number of halogens is 2. The van der Waals surface area contributed by atoms with Crippen LogP contribution >= 0.6 is 0 Å². The van der Waals surface area contributed by atoms with Gasteiger partial charge in [0, 0.05) is 18.7 Å². The number of amides is 1. The third kappa shape index (κ3) is 4.79. The van der Waals surface area contributed by atoms with Gasteiger partial charge in [0.2, 0.25) is 5.88 Å². The monoisotopic (exact) mass is 385 g/mol. The molecule has 1 N–H and O–H groups in total. The van der Waals surface area contributed by atoms with E-state index in [1.807, 2.05) is 0 Å². The van der Waals surface area contributed by atoms with Gasteiger partial charge < -0.3 is 10.1 Å². The van der Waals surface area contributed by atoms with E-state index in [1.54, 1.807) is 12.1 Å². The van der Waals surface area contributed by atoms with E-state index >= 15 is 0 Å². The Bertz CT molecular complexity index is 1040. The van der Waals surface area contributed by atoms with E-state index in [9.17, 15) is 18.4 Å². The second kappa shape index (κ2) is 8.43. The van der Waals surface area contributed by atoms with Gasteiger partial charge in [0.1, 0.15) is 11.6 Å². The fraction of sp³-hybridized carbons (Fsp3) is 0.150. The lowest BCUT2D eigenvalue weighted by molar-refractivity contribution is -0.127. The summed E-state index contributed by atoms with van der Waals surface area (Å²) in [5, 5.41) is 6.70. The first kappa shape index (κ1) is 19.2. The molecule has 0 saturated carbocycles. The molecule has 0 aliphatic rings. The van der Waals surface area contributed by atoms with E-state index in [0.29, 0.717) is 11.3 Å². The van der Waals surface area contributed by atoms with Crippen LogP contribution in [0.1, 0.15) is 12.5 Å². The summed E-state index contributed by atoms with van der Waals surface area (Å²) in [7, 11) is 0. The smallest absolute Gasteiger partial charge is 0.271 e. The summed E-state index contributed by atoms with van der Waals surface area (Å²) >= 11 is 0. The van der Waals surface area contributed by atoms with Crippen molar-refractivity contribution in [3.63, 3.8) is 0 Å². The highest BCUT2D eigenvalue weighted by molar-refractivity contribution is 5.80. The highest BCUT2D eigenvalue weighted by Gasteiger charge is 2.16. The Morgan fingerprint density at radius 2 is 1.86 bits per heavy atom. The van der Waals surface area contributed by atoms with Crippen LogP contribution in [0.5, 0.6) is 5.88 Å². The lowest BCUT2D eigenvalue weighted by atomic mass is 10.2. The maximum Gasteiger partial charge on any atom is 0.271 e. The summed E-state index contributed by atoms with van der Waals surface area (Å²) in [5.41, 5.74) is 0.547. The molecule has 28 heavy (non-hydrogen) atoms. The number of hydrogen-bond acceptors (Lipinski definition) is 4. The van der Waals surface area contributed by atoms with E-state index in [1.165, 1.54) is 55.5 Å². The fourth-order valence-electron chi connectivity index (χ4n) is 2.44. The van der Waals surface area contributed by atoms with E-state index in [4.69, 9.17) is 4.74 Å². The van der Waals surface area contributed by atoms with Gasteiger partial charge in [-0.05, 0) is 48.9 Å². The van der Waals surface area contributed by atoms with Crippen LogP contribution in [-0.4, -0.2) is 21.8 Å². The van der Waals surface area contributed by atoms with Crippen molar-refractivity contribution < 1.29 is 18.3 Å². The molecule has 1 heterocycles. The van der Waals surface area contributed by atoms with Gasteiger partial charge in [0.15, 0.2) is 6.10 Å². The van der Waals surface area contributed by atoms with Crippen molar-refractivity contribution in [2.45, 2.75) is 19.6 Å². The summed E-state index contributed by atoms with van der Waals surface area (Å²) in [6.45, 7) is 1.67. The maximum absolute atomic E-state index is 13.2. The second-order valence-electron chi connectivity index (χ2n) is 6.01. The minimum absolute atomic E-state index is 0.0531. The van der Waals surface area contributed by atoms with Crippen molar-refractivity contribution >= 4 is 5.91 Å². The number of carbonyl (C=O) groups excluding carboxylic acids is 1. The largest absolute Gasteiger partial charge is 0.464 e. The number of nitrogens with one attached hydrogen (secondary N) is 1. The predicted molar refractivity (Wildman–Crippen MR) is 98.1 cm³/mol. The Morgan fingerprint density at radius 3 is 2.57 bits per heavy atom. The molecule has 1 atom stereocenters. The molecule has 0 spiro atoms. The van der Waals surface area contributed by atoms with Gasteiger partial charge in [-0.1, -0.05) is 12.1 Å². The van der Waals surface area contributed by atoms with Crippen molar-refractivity contribution in [1.29, 1.82) is 0 Å². The molecule has 144 valence electrons. The van der Waals surface area contributed by atoms with Crippen LogP contribution in [0.3, 0.4) is 0 Å². The Morgan fingerprint density at radius 1 is 1.11 bits per heavy atom. The molecular weight excluding hydrogens is 368 g/mol. The lowest BCUT2D eigenvalue weighted by Crippen LogP contribution is -2.36. The van der Waals surface area contributed by atoms with Crippen molar-refractivity contribution in [1.82, 2.24) is 15.1 Å². The molecule has 6 nitrogen and oxygen atoms in total. The number of benzene rings is 2. The van der Waals surface area contributed by atoms with Crippen LogP contribution in [0, 0.1) is 11.6 Å². The highest BCUT2D eigenvalue weighted by atomic mass is 19.1. The fourth-order valence-corrected chi connectivity index (χ4v) is 2.44. The summed E-state index contributed by atoms with van der Waals surface area (Å²) in [5.74, 6) is -1.20. The van der Waals surface area contributed by atoms with Crippen molar-refractivity contribution in [2.75, 3.05) is 0 Å². The molecule has 3 aromatic rings. The molecule has 0 bridgehead atoms. The number of carbonyl (C=O) groups is 1. The molecule has 3 rings (SSSR count). The molecular formula is C20H17F2N3O3. The van der Waals surface area contributed by atoms with Gasteiger partial charge in [-0.25, -0.2) is 8.78 Å². The number of nitrogens with zero attached hydrogens (tertiary/aromatic N) is 2. The van der Waals surface area contributed by atoms with Crippen LogP contribution in [0.25, 0.3) is 5.69 Å². The van der Waals surface area contributed by atoms with Gasteiger partial charge in [-0.3, -0.25) is 9.59 Å². The first-order valence-corrected chi connectivity index (χ1v) is 8.47. The lowest BCUT2D eigenvalue weighted by Gasteiger charge is -2.15. The first-order valence-electron chi connectivity index (χ1n) is 8.47. The Hall–Kier alpha value is -3.55. The van der Waals surface area contributed by atoms with Crippen molar-refractivity contribution in [3.05, 3.63) is 88.2 Å². The molecule has 0 unspecified atom stereocenters. The van der Waals surface area contributed by atoms with E-state index in [0.717, 1.165) is 4.68 Å². The number of rotatable bonds is 6. The molecule has 0 aliphatic carbocycles. The highest BCUT2D eigenvalue weighted by Crippen LogP contribution is 2.10. The quantitative estimate of drug-likeness (QED) is 0.708. The topological polar surface area (TPSA) is 73.2 Å². The van der Waals surface area contributed by atoms with Gasteiger partial charge in [-0.15, -0.1) is 5.10 Å². The van der Waals surface area contributed by atoms with Gasteiger partial charge in [-0.2, -0.15) is 4.68 Å².